The lowest BCUT2D eigenvalue weighted by atomic mass is 9.92. The van der Waals surface area contributed by atoms with Crippen molar-refractivity contribution in [1.29, 1.82) is 0 Å². The van der Waals surface area contributed by atoms with Crippen LogP contribution in [-0.4, -0.2) is 55.1 Å². The van der Waals surface area contributed by atoms with Gasteiger partial charge in [0.25, 0.3) is 5.91 Å². The van der Waals surface area contributed by atoms with Gasteiger partial charge in [-0.05, 0) is 32.1 Å². The maximum atomic E-state index is 12.9. The second kappa shape index (κ2) is 6.45. The Morgan fingerprint density at radius 2 is 2.00 bits per heavy atom. The van der Waals surface area contributed by atoms with Gasteiger partial charge in [-0.15, -0.1) is 0 Å². The highest BCUT2D eigenvalue weighted by Gasteiger charge is 2.54. The van der Waals surface area contributed by atoms with E-state index in [-0.39, 0.29) is 30.0 Å². The number of amides is 2. The first kappa shape index (κ1) is 18.2. The number of likely N-dealkylation sites (tertiary alicyclic amines) is 1. The van der Waals surface area contributed by atoms with Crippen LogP contribution in [0.15, 0.2) is 24.5 Å². The number of nitrogens with zero attached hydrogens (tertiary/aromatic N) is 2. The molecule has 3 fully saturated rings. The van der Waals surface area contributed by atoms with Crippen molar-refractivity contribution in [2.75, 3.05) is 12.3 Å². The van der Waals surface area contributed by atoms with Crippen LogP contribution in [0.5, 0.6) is 0 Å². The minimum atomic E-state index is -3.36. The van der Waals surface area contributed by atoms with Gasteiger partial charge in [-0.2, -0.15) is 4.73 Å². The van der Waals surface area contributed by atoms with Crippen LogP contribution in [0, 0.1) is 5.21 Å². The zero-order chi connectivity index (χ0) is 19.2. The second-order valence-electron chi connectivity index (χ2n) is 7.52. The third-order valence-corrected chi connectivity index (χ3v) is 7.34. The molecule has 4 rings (SSSR count). The molecule has 2 amide bonds. The molecular formula is C17H22N4O5S. The molecule has 10 heteroatoms. The Balaban J connectivity index is 1.49. The van der Waals surface area contributed by atoms with Gasteiger partial charge >= 0.3 is 0 Å². The summed E-state index contributed by atoms with van der Waals surface area (Å²) in [7, 11) is -3.36. The molecule has 0 aromatic carbocycles. The average molecular weight is 394 g/mol. The highest BCUT2D eigenvalue weighted by molar-refractivity contribution is 7.89. The van der Waals surface area contributed by atoms with Crippen molar-refractivity contribution >= 4 is 21.8 Å². The molecule has 1 aromatic rings. The summed E-state index contributed by atoms with van der Waals surface area (Å²) in [6, 6.07) is 2.10. The van der Waals surface area contributed by atoms with Gasteiger partial charge in [0.15, 0.2) is 12.4 Å². The normalized spacial score (nSPS) is 31.6. The van der Waals surface area contributed by atoms with Crippen molar-refractivity contribution in [3.8, 4) is 0 Å². The number of hydrogen-bond acceptors (Lipinski definition) is 5. The van der Waals surface area contributed by atoms with Gasteiger partial charge in [0.1, 0.15) is 6.04 Å². The Hall–Kier alpha value is -2.20. The molecule has 3 aliphatic rings. The Labute approximate surface area is 157 Å². The minimum absolute atomic E-state index is 0.0302. The smallest absolute Gasteiger partial charge is 0.252 e. The zero-order valence-corrected chi connectivity index (χ0v) is 15.6. The van der Waals surface area contributed by atoms with Crippen molar-refractivity contribution in [3.05, 3.63) is 35.3 Å². The van der Waals surface area contributed by atoms with Crippen LogP contribution in [0.4, 0.5) is 0 Å². The molecule has 146 valence electrons. The number of carbonyl (C=O) groups is 2. The predicted octanol–water partition coefficient (Wildman–Crippen LogP) is -0.735. The topological polar surface area (TPSA) is 123 Å². The Bertz CT molecular complexity index is 872. The first-order valence-electron chi connectivity index (χ1n) is 9.12. The van der Waals surface area contributed by atoms with Crippen LogP contribution in [-0.2, 0) is 14.8 Å². The highest BCUT2D eigenvalue weighted by atomic mass is 32.2. The maximum Gasteiger partial charge on any atom is 0.252 e. The fourth-order valence-electron chi connectivity index (χ4n) is 4.59. The van der Waals surface area contributed by atoms with Gasteiger partial charge in [0, 0.05) is 18.7 Å². The summed E-state index contributed by atoms with van der Waals surface area (Å²) in [6.07, 6.45) is 5.91. The van der Waals surface area contributed by atoms with Crippen molar-refractivity contribution < 1.29 is 22.7 Å². The first-order valence-corrected chi connectivity index (χ1v) is 10.8. The van der Waals surface area contributed by atoms with E-state index in [9.17, 15) is 23.2 Å². The average Bonchev–Trinajstić information content (AvgIpc) is 3.27. The molecule has 27 heavy (non-hydrogen) atoms. The molecule has 0 bridgehead atoms. The zero-order valence-electron chi connectivity index (χ0n) is 14.8. The molecule has 3 unspecified atom stereocenters. The Kier molecular flexibility index (Phi) is 4.34. The molecular weight excluding hydrogens is 372 g/mol. The molecule has 3 heterocycles. The summed E-state index contributed by atoms with van der Waals surface area (Å²) >= 11 is 0. The van der Waals surface area contributed by atoms with E-state index < -0.39 is 21.6 Å². The van der Waals surface area contributed by atoms with Gasteiger partial charge in [0.05, 0.1) is 22.9 Å². The van der Waals surface area contributed by atoms with Gasteiger partial charge in [0.2, 0.25) is 15.9 Å². The monoisotopic (exact) mass is 394 g/mol. The Morgan fingerprint density at radius 3 is 2.67 bits per heavy atom. The van der Waals surface area contributed by atoms with E-state index in [0.717, 1.165) is 19.3 Å². The number of aromatic nitrogens is 1. The van der Waals surface area contributed by atoms with Crippen LogP contribution in [0.25, 0.3) is 0 Å². The summed E-state index contributed by atoms with van der Waals surface area (Å²) in [5.41, 5.74) is -0.0940. The minimum Gasteiger partial charge on any atom is -0.619 e. The number of sulfonamides is 1. The fourth-order valence-corrected chi connectivity index (χ4v) is 5.91. The van der Waals surface area contributed by atoms with E-state index in [1.165, 1.54) is 24.5 Å². The van der Waals surface area contributed by atoms with Crippen molar-refractivity contribution in [2.45, 2.75) is 49.7 Å². The Morgan fingerprint density at radius 1 is 1.26 bits per heavy atom. The van der Waals surface area contributed by atoms with Crippen LogP contribution in [0.1, 0.15) is 42.5 Å². The van der Waals surface area contributed by atoms with Gasteiger partial charge < -0.3 is 15.4 Å². The molecule has 9 nitrogen and oxygen atoms in total. The summed E-state index contributed by atoms with van der Waals surface area (Å²) in [4.78, 5) is 27.3. The molecule has 1 saturated carbocycles. The molecule has 2 aliphatic heterocycles. The molecule has 1 aromatic heterocycles. The van der Waals surface area contributed by atoms with E-state index in [0.29, 0.717) is 23.3 Å². The first-order chi connectivity index (χ1) is 12.8. The van der Waals surface area contributed by atoms with E-state index in [2.05, 4.69) is 10.0 Å². The molecule has 3 atom stereocenters. The van der Waals surface area contributed by atoms with E-state index in [4.69, 9.17) is 0 Å². The van der Waals surface area contributed by atoms with Crippen LogP contribution < -0.4 is 14.8 Å². The van der Waals surface area contributed by atoms with Crippen molar-refractivity contribution in [3.63, 3.8) is 0 Å². The summed E-state index contributed by atoms with van der Waals surface area (Å²) < 4.78 is 26.3. The van der Waals surface area contributed by atoms with Gasteiger partial charge in [-0.1, -0.05) is 0 Å². The molecule has 1 aliphatic carbocycles. The lowest BCUT2D eigenvalue weighted by Crippen LogP contribution is -2.56. The predicted molar refractivity (Wildman–Crippen MR) is 94.9 cm³/mol. The number of rotatable bonds is 3. The second-order valence-corrected chi connectivity index (χ2v) is 9.40. The van der Waals surface area contributed by atoms with Crippen LogP contribution >= 0.6 is 0 Å². The number of fused-ring (bicyclic) bond motifs is 1. The molecule has 2 N–H and O–H groups in total. The number of carbonyl (C=O) groups excluding carboxylic acids is 2. The van der Waals surface area contributed by atoms with Crippen molar-refractivity contribution in [2.24, 2.45) is 0 Å². The quantitative estimate of drug-likeness (QED) is 0.517. The number of hydrogen-bond donors (Lipinski definition) is 2. The van der Waals surface area contributed by atoms with Gasteiger partial charge in [-0.3, -0.25) is 9.59 Å². The standard InChI is InChI=1S/C17H22N4O5S/c22-15(12-3-8-20(24)9-4-12)18-17-6-1-2-14(17)21(10-7-17)16(23)13-5-11-27(25,26)19-13/h3-4,8-9,13-14,19H,1-2,5-7,10-11H2,(H,18,22). The fraction of sp³-hybridized carbons (Fsp3) is 0.588. The van der Waals surface area contributed by atoms with E-state index in [1.807, 2.05) is 0 Å². The van der Waals surface area contributed by atoms with E-state index >= 15 is 0 Å². The molecule has 2 saturated heterocycles. The van der Waals surface area contributed by atoms with E-state index in [1.54, 1.807) is 4.90 Å². The number of nitrogens with one attached hydrogen (secondary N) is 2. The van der Waals surface area contributed by atoms with Crippen LogP contribution in [0.2, 0.25) is 0 Å². The highest BCUT2D eigenvalue weighted by Crippen LogP contribution is 2.42. The summed E-state index contributed by atoms with van der Waals surface area (Å²) in [5.74, 6) is -0.498. The number of pyridine rings is 1. The van der Waals surface area contributed by atoms with Gasteiger partial charge in [-0.25, -0.2) is 13.1 Å². The van der Waals surface area contributed by atoms with Crippen molar-refractivity contribution in [1.82, 2.24) is 14.9 Å². The largest absolute Gasteiger partial charge is 0.619 e. The summed E-state index contributed by atoms with van der Waals surface area (Å²) in [5, 5.41) is 14.3. The SMILES string of the molecule is O=C(NC12CCCC1N(C(=O)C1CCS(=O)(=O)N1)CC2)c1cc[n+]([O-])cc1. The molecule has 0 spiro atoms. The lowest BCUT2D eigenvalue weighted by molar-refractivity contribution is -0.605. The lowest BCUT2D eigenvalue weighted by Gasteiger charge is -2.34. The summed E-state index contributed by atoms with van der Waals surface area (Å²) in [6.45, 7) is 0.497. The third kappa shape index (κ3) is 3.27. The van der Waals surface area contributed by atoms with Crippen LogP contribution in [0.3, 0.4) is 0 Å². The third-order valence-electron chi connectivity index (χ3n) is 5.92. The molecule has 0 radical (unpaired) electrons. The maximum absolute atomic E-state index is 12.9.